The van der Waals surface area contributed by atoms with Crippen LogP contribution in [0.3, 0.4) is 0 Å². The Morgan fingerprint density at radius 1 is 1.24 bits per heavy atom. The molecule has 0 amide bonds. The van der Waals surface area contributed by atoms with Gasteiger partial charge in [0.1, 0.15) is 0 Å². The van der Waals surface area contributed by atoms with Crippen LogP contribution in [0.25, 0.3) is 0 Å². The third-order valence-electron chi connectivity index (χ3n) is 4.94. The molecule has 1 saturated heterocycles. The van der Waals surface area contributed by atoms with Crippen molar-refractivity contribution >= 4 is 0 Å². The van der Waals surface area contributed by atoms with Crippen molar-refractivity contribution in [2.45, 2.75) is 51.0 Å². The molecule has 1 saturated carbocycles. The highest BCUT2D eigenvalue weighted by molar-refractivity contribution is 5.04. The van der Waals surface area contributed by atoms with E-state index < -0.39 is 0 Å². The predicted octanol–water partition coefficient (Wildman–Crippen LogP) is 2.67. The van der Waals surface area contributed by atoms with Crippen LogP contribution < -0.4 is 0 Å². The van der Waals surface area contributed by atoms with Gasteiger partial charge in [-0.25, -0.2) is 0 Å². The molecule has 0 bridgehead atoms. The second kappa shape index (κ2) is 6.44. The molecular weight excluding hydrogens is 264 g/mol. The van der Waals surface area contributed by atoms with Gasteiger partial charge in [-0.2, -0.15) is 4.98 Å². The van der Waals surface area contributed by atoms with Gasteiger partial charge in [0, 0.05) is 5.92 Å². The van der Waals surface area contributed by atoms with Gasteiger partial charge < -0.3 is 9.42 Å². The second-order valence-corrected chi connectivity index (χ2v) is 7.01. The first-order valence-corrected chi connectivity index (χ1v) is 8.35. The molecule has 2 fully saturated rings. The molecule has 5 heteroatoms. The Kier molecular flexibility index (Phi) is 4.60. The molecule has 3 rings (SSSR count). The Morgan fingerprint density at radius 2 is 1.95 bits per heavy atom. The Labute approximate surface area is 127 Å². The summed E-state index contributed by atoms with van der Waals surface area (Å²) in [6.45, 7) is 5.71. The van der Waals surface area contributed by atoms with Crippen molar-refractivity contribution in [1.82, 2.24) is 19.9 Å². The number of hydrogen-bond donors (Lipinski definition) is 0. The van der Waals surface area contributed by atoms with Gasteiger partial charge in [0.25, 0.3) is 0 Å². The average Bonchev–Trinajstić information content (AvgIpc) is 3.22. The molecule has 1 aliphatic heterocycles. The van der Waals surface area contributed by atoms with Crippen LogP contribution in [0, 0.1) is 5.92 Å². The van der Waals surface area contributed by atoms with Gasteiger partial charge in [0.2, 0.25) is 5.89 Å². The van der Waals surface area contributed by atoms with Crippen molar-refractivity contribution < 1.29 is 4.52 Å². The van der Waals surface area contributed by atoms with E-state index in [0.29, 0.717) is 5.92 Å². The second-order valence-electron chi connectivity index (χ2n) is 7.01. The van der Waals surface area contributed by atoms with E-state index in [0.717, 1.165) is 30.7 Å². The Bertz CT molecular complexity index is 447. The van der Waals surface area contributed by atoms with Crippen LogP contribution in [0.2, 0.25) is 0 Å². The quantitative estimate of drug-likeness (QED) is 0.806. The van der Waals surface area contributed by atoms with Crippen LogP contribution in [0.4, 0.5) is 0 Å². The largest absolute Gasteiger partial charge is 0.338 e. The maximum absolute atomic E-state index is 5.48. The van der Waals surface area contributed by atoms with Crippen LogP contribution in [0.15, 0.2) is 4.52 Å². The third kappa shape index (κ3) is 3.83. The van der Waals surface area contributed by atoms with Gasteiger partial charge in [-0.1, -0.05) is 5.16 Å². The van der Waals surface area contributed by atoms with Crippen LogP contribution >= 0.6 is 0 Å². The maximum Gasteiger partial charge on any atom is 0.243 e. The smallest absolute Gasteiger partial charge is 0.243 e. The van der Waals surface area contributed by atoms with Gasteiger partial charge in [-0.05, 0) is 78.7 Å². The van der Waals surface area contributed by atoms with Crippen molar-refractivity contribution in [3.63, 3.8) is 0 Å². The van der Waals surface area contributed by atoms with Crippen molar-refractivity contribution in [2.24, 2.45) is 5.92 Å². The molecule has 1 aromatic heterocycles. The molecule has 1 atom stereocenters. The minimum atomic E-state index is 0.264. The van der Waals surface area contributed by atoms with Crippen molar-refractivity contribution in [3.8, 4) is 0 Å². The summed E-state index contributed by atoms with van der Waals surface area (Å²) in [5.74, 6) is 3.19. The molecule has 0 aromatic carbocycles. The predicted molar refractivity (Wildman–Crippen MR) is 82.2 cm³/mol. The molecule has 21 heavy (non-hydrogen) atoms. The Morgan fingerprint density at radius 3 is 2.57 bits per heavy atom. The molecular formula is C16H28N4O. The first-order chi connectivity index (χ1) is 10.1. The molecule has 2 heterocycles. The lowest BCUT2D eigenvalue weighted by Gasteiger charge is -2.34. The number of hydrogen-bond acceptors (Lipinski definition) is 5. The standard InChI is InChI=1S/C16H28N4O/c1-12(16-17-15(18-21-16)14-4-5-14)20-10-7-13(8-11-20)6-9-19(2)3/h12-14H,4-11H2,1-3H3/t12-/m0/s1. The van der Waals surface area contributed by atoms with Crippen LogP contribution in [0.5, 0.6) is 0 Å². The summed E-state index contributed by atoms with van der Waals surface area (Å²) in [5, 5.41) is 4.14. The minimum Gasteiger partial charge on any atom is -0.338 e. The molecule has 0 spiro atoms. The fraction of sp³-hybridized carbons (Fsp3) is 0.875. The number of rotatable bonds is 6. The highest BCUT2D eigenvalue weighted by Crippen LogP contribution is 2.38. The number of nitrogens with zero attached hydrogens (tertiary/aromatic N) is 4. The summed E-state index contributed by atoms with van der Waals surface area (Å²) in [7, 11) is 4.31. The van der Waals surface area contributed by atoms with E-state index in [-0.39, 0.29) is 6.04 Å². The van der Waals surface area contributed by atoms with Crippen molar-refractivity contribution in [3.05, 3.63) is 11.7 Å². The zero-order valence-electron chi connectivity index (χ0n) is 13.6. The fourth-order valence-corrected chi connectivity index (χ4v) is 3.15. The minimum absolute atomic E-state index is 0.264. The van der Waals surface area contributed by atoms with Gasteiger partial charge in [-0.15, -0.1) is 0 Å². The molecule has 0 radical (unpaired) electrons. The van der Waals surface area contributed by atoms with E-state index >= 15 is 0 Å². The van der Waals surface area contributed by atoms with Gasteiger partial charge in [0.05, 0.1) is 6.04 Å². The summed E-state index contributed by atoms with van der Waals surface area (Å²) in [5.41, 5.74) is 0. The molecule has 0 unspecified atom stereocenters. The lowest BCUT2D eigenvalue weighted by atomic mass is 9.92. The summed E-state index contributed by atoms with van der Waals surface area (Å²) in [6.07, 6.45) is 6.36. The number of likely N-dealkylation sites (tertiary alicyclic amines) is 1. The average molecular weight is 292 g/mol. The Hall–Kier alpha value is -0.940. The SMILES string of the molecule is C[C@@H](c1nc(C2CC2)no1)N1CCC(CCN(C)C)CC1. The normalized spacial score (nSPS) is 22.9. The highest BCUT2D eigenvalue weighted by atomic mass is 16.5. The molecule has 5 nitrogen and oxygen atoms in total. The molecule has 118 valence electrons. The zero-order chi connectivity index (χ0) is 14.8. The van der Waals surface area contributed by atoms with E-state index in [2.05, 4.69) is 41.0 Å². The van der Waals surface area contributed by atoms with Crippen LogP contribution in [-0.4, -0.2) is 53.7 Å². The van der Waals surface area contributed by atoms with E-state index in [1.807, 2.05) is 0 Å². The highest BCUT2D eigenvalue weighted by Gasteiger charge is 2.31. The lowest BCUT2D eigenvalue weighted by molar-refractivity contribution is 0.114. The van der Waals surface area contributed by atoms with Gasteiger partial charge >= 0.3 is 0 Å². The number of piperidine rings is 1. The van der Waals surface area contributed by atoms with E-state index in [1.54, 1.807) is 0 Å². The first kappa shape index (κ1) is 15.0. The molecule has 1 aromatic rings. The number of aromatic nitrogens is 2. The zero-order valence-corrected chi connectivity index (χ0v) is 13.6. The summed E-state index contributed by atoms with van der Waals surface area (Å²) < 4.78 is 5.48. The van der Waals surface area contributed by atoms with Crippen molar-refractivity contribution in [2.75, 3.05) is 33.7 Å². The van der Waals surface area contributed by atoms with E-state index in [9.17, 15) is 0 Å². The van der Waals surface area contributed by atoms with Crippen LogP contribution in [0.1, 0.15) is 62.7 Å². The van der Waals surface area contributed by atoms with E-state index in [4.69, 9.17) is 4.52 Å². The summed E-state index contributed by atoms with van der Waals surface area (Å²) in [4.78, 5) is 9.38. The fourth-order valence-electron chi connectivity index (χ4n) is 3.15. The van der Waals surface area contributed by atoms with E-state index in [1.165, 1.54) is 38.6 Å². The summed E-state index contributed by atoms with van der Waals surface area (Å²) >= 11 is 0. The maximum atomic E-state index is 5.48. The van der Waals surface area contributed by atoms with Gasteiger partial charge in [-0.3, -0.25) is 4.90 Å². The molecule has 2 aliphatic rings. The lowest BCUT2D eigenvalue weighted by Crippen LogP contribution is -2.36. The van der Waals surface area contributed by atoms with Crippen LogP contribution in [-0.2, 0) is 0 Å². The topological polar surface area (TPSA) is 45.4 Å². The Balaban J connectivity index is 1.48. The molecule has 0 N–H and O–H groups in total. The first-order valence-electron chi connectivity index (χ1n) is 8.35. The monoisotopic (exact) mass is 292 g/mol. The van der Waals surface area contributed by atoms with Crippen molar-refractivity contribution in [1.29, 1.82) is 0 Å². The third-order valence-corrected chi connectivity index (χ3v) is 4.94. The van der Waals surface area contributed by atoms with Gasteiger partial charge in [0.15, 0.2) is 5.82 Å². The summed E-state index contributed by atoms with van der Waals surface area (Å²) in [6, 6.07) is 0.264. The molecule has 1 aliphatic carbocycles.